The fourth-order valence-corrected chi connectivity index (χ4v) is 4.36. The van der Waals surface area contributed by atoms with Gasteiger partial charge in [-0.1, -0.05) is 6.07 Å². The summed E-state index contributed by atoms with van der Waals surface area (Å²) >= 11 is 0. The Hall–Kier alpha value is -0.900. The van der Waals surface area contributed by atoms with Crippen molar-refractivity contribution in [3.8, 4) is 0 Å². The molecule has 0 saturated heterocycles. The highest BCUT2D eigenvalue weighted by molar-refractivity contribution is 14.0. The Balaban J connectivity index is 0.00000312. The van der Waals surface area contributed by atoms with Crippen LogP contribution in [0.3, 0.4) is 0 Å². The maximum absolute atomic E-state index is 13.1. The van der Waals surface area contributed by atoms with Gasteiger partial charge >= 0.3 is 0 Å². The van der Waals surface area contributed by atoms with Gasteiger partial charge in [-0.25, -0.2) is 12.8 Å². The number of guanidine groups is 1. The third kappa shape index (κ3) is 7.47. The average molecular weight is 483 g/mol. The Morgan fingerprint density at radius 2 is 2.00 bits per heavy atom. The summed E-state index contributed by atoms with van der Waals surface area (Å²) in [6, 6.07) is 4.80. The Kier molecular flexibility index (Phi) is 8.11. The van der Waals surface area contributed by atoms with Gasteiger partial charge in [0.1, 0.15) is 15.7 Å². The number of halogens is 2. The summed E-state index contributed by atoms with van der Waals surface area (Å²) in [5, 5.41) is 6.44. The fraction of sp³-hybridized carbons (Fsp3) is 0.588. The van der Waals surface area contributed by atoms with Crippen LogP contribution in [0.15, 0.2) is 23.2 Å². The zero-order chi connectivity index (χ0) is 17.8. The van der Waals surface area contributed by atoms with Crippen LogP contribution < -0.4 is 10.6 Å². The molecule has 2 N–H and O–H groups in total. The normalized spacial score (nSPS) is 16.1. The molecule has 142 valence electrons. The highest BCUT2D eigenvalue weighted by atomic mass is 127. The van der Waals surface area contributed by atoms with E-state index in [0.717, 1.165) is 30.4 Å². The quantitative estimate of drug-likeness (QED) is 0.355. The molecule has 0 amide bonds. The SMILES string of the molecule is CN=C(NCCc1ccc(F)cc1C)NCC1(CS(C)(=O)=O)CC1.I. The van der Waals surface area contributed by atoms with E-state index in [-0.39, 0.29) is 41.0 Å². The standard InChI is InChI=1S/C17H26FN3O2S.HI/c1-13-10-15(18)5-4-14(13)6-9-20-16(19-2)21-11-17(7-8-17)12-24(3,22)23;/h4-5,10H,6-9,11-12H2,1-3H3,(H2,19,20,21);1H. The second kappa shape index (κ2) is 9.16. The molecule has 8 heteroatoms. The molecule has 0 unspecified atom stereocenters. The lowest BCUT2D eigenvalue weighted by atomic mass is 10.1. The molecule has 0 bridgehead atoms. The molecule has 1 fully saturated rings. The lowest BCUT2D eigenvalue weighted by Gasteiger charge is -2.18. The van der Waals surface area contributed by atoms with Crippen LogP contribution in [0.4, 0.5) is 4.39 Å². The van der Waals surface area contributed by atoms with Crippen molar-refractivity contribution in [1.29, 1.82) is 0 Å². The summed E-state index contributed by atoms with van der Waals surface area (Å²) in [7, 11) is -1.28. The van der Waals surface area contributed by atoms with E-state index >= 15 is 0 Å². The number of nitrogens with one attached hydrogen (secondary N) is 2. The fourth-order valence-electron chi connectivity index (χ4n) is 2.85. The minimum atomic E-state index is -2.97. The Morgan fingerprint density at radius 3 is 2.52 bits per heavy atom. The van der Waals surface area contributed by atoms with Crippen LogP contribution in [-0.4, -0.2) is 46.5 Å². The molecule has 1 aromatic rings. The first kappa shape index (κ1) is 22.1. The average Bonchev–Trinajstić information content (AvgIpc) is 3.22. The van der Waals surface area contributed by atoms with Crippen LogP contribution in [0.2, 0.25) is 0 Å². The van der Waals surface area contributed by atoms with Crippen LogP contribution in [0.25, 0.3) is 0 Å². The molecule has 0 atom stereocenters. The molecule has 0 heterocycles. The van der Waals surface area contributed by atoms with E-state index in [4.69, 9.17) is 0 Å². The largest absolute Gasteiger partial charge is 0.356 e. The predicted molar refractivity (Wildman–Crippen MR) is 111 cm³/mol. The highest BCUT2D eigenvalue weighted by Gasteiger charge is 2.45. The van der Waals surface area contributed by atoms with Crippen LogP contribution in [0.1, 0.15) is 24.0 Å². The van der Waals surface area contributed by atoms with Crippen molar-refractivity contribution in [3.63, 3.8) is 0 Å². The van der Waals surface area contributed by atoms with Crippen LogP contribution in [-0.2, 0) is 16.3 Å². The van der Waals surface area contributed by atoms with Gasteiger partial charge in [-0.15, -0.1) is 24.0 Å². The Bertz CT molecular complexity index is 719. The second-order valence-corrected chi connectivity index (χ2v) is 8.88. The lowest BCUT2D eigenvalue weighted by Crippen LogP contribution is -2.42. The zero-order valence-electron chi connectivity index (χ0n) is 14.9. The third-order valence-corrected chi connectivity index (χ3v) is 5.51. The van der Waals surface area contributed by atoms with Gasteiger partial charge in [-0.3, -0.25) is 4.99 Å². The minimum absolute atomic E-state index is 0. The predicted octanol–water partition coefficient (Wildman–Crippen LogP) is 2.28. The van der Waals surface area contributed by atoms with E-state index < -0.39 is 9.84 Å². The van der Waals surface area contributed by atoms with E-state index in [1.54, 1.807) is 13.1 Å². The molecular formula is C17H27FIN3O2S. The zero-order valence-corrected chi connectivity index (χ0v) is 18.1. The highest BCUT2D eigenvalue weighted by Crippen LogP contribution is 2.45. The molecular weight excluding hydrogens is 456 g/mol. The maximum atomic E-state index is 13.1. The first-order chi connectivity index (χ1) is 11.2. The minimum Gasteiger partial charge on any atom is -0.356 e. The van der Waals surface area contributed by atoms with Crippen molar-refractivity contribution in [2.75, 3.05) is 32.1 Å². The number of rotatable bonds is 7. The van der Waals surface area contributed by atoms with Gasteiger partial charge in [0, 0.05) is 31.8 Å². The molecule has 1 aliphatic carbocycles. The van der Waals surface area contributed by atoms with E-state index in [9.17, 15) is 12.8 Å². The van der Waals surface area contributed by atoms with E-state index in [1.807, 2.05) is 6.92 Å². The summed E-state index contributed by atoms with van der Waals surface area (Å²) in [4.78, 5) is 4.17. The van der Waals surface area contributed by atoms with Crippen LogP contribution >= 0.6 is 24.0 Å². The van der Waals surface area contributed by atoms with Gasteiger partial charge in [0.2, 0.25) is 0 Å². The number of aryl methyl sites for hydroxylation is 1. The molecule has 1 saturated carbocycles. The van der Waals surface area contributed by atoms with Gasteiger partial charge in [-0.05, 0) is 49.4 Å². The molecule has 0 aromatic heterocycles. The number of benzene rings is 1. The number of nitrogens with zero attached hydrogens (tertiary/aromatic N) is 1. The molecule has 5 nitrogen and oxygen atoms in total. The Morgan fingerprint density at radius 1 is 1.32 bits per heavy atom. The van der Waals surface area contributed by atoms with Gasteiger partial charge in [0.25, 0.3) is 0 Å². The summed E-state index contributed by atoms with van der Waals surface area (Å²) < 4.78 is 36.1. The molecule has 2 rings (SSSR count). The number of aliphatic imine (C=N–C) groups is 1. The van der Waals surface area contributed by atoms with Crippen molar-refractivity contribution in [2.24, 2.45) is 10.4 Å². The summed E-state index contributed by atoms with van der Waals surface area (Å²) in [5.74, 6) is 0.663. The Labute approximate surface area is 166 Å². The van der Waals surface area contributed by atoms with E-state index in [2.05, 4.69) is 15.6 Å². The molecule has 1 aliphatic rings. The smallest absolute Gasteiger partial charge is 0.191 e. The van der Waals surface area contributed by atoms with E-state index in [1.165, 1.54) is 18.4 Å². The molecule has 0 aliphatic heterocycles. The molecule has 0 radical (unpaired) electrons. The van der Waals surface area contributed by atoms with Crippen LogP contribution in [0.5, 0.6) is 0 Å². The van der Waals surface area contributed by atoms with Gasteiger partial charge in [0.15, 0.2) is 5.96 Å². The number of hydrogen-bond donors (Lipinski definition) is 2. The molecule has 1 aromatic carbocycles. The maximum Gasteiger partial charge on any atom is 0.191 e. The summed E-state index contributed by atoms with van der Waals surface area (Å²) in [6.07, 6.45) is 3.91. The van der Waals surface area contributed by atoms with Gasteiger partial charge in [0.05, 0.1) is 5.75 Å². The molecule has 0 spiro atoms. The van der Waals surface area contributed by atoms with Crippen LogP contribution in [0, 0.1) is 18.2 Å². The molecule has 25 heavy (non-hydrogen) atoms. The monoisotopic (exact) mass is 483 g/mol. The van der Waals surface area contributed by atoms with Crippen molar-refractivity contribution in [1.82, 2.24) is 10.6 Å². The van der Waals surface area contributed by atoms with Gasteiger partial charge in [-0.2, -0.15) is 0 Å². The summed E-state index contributed by atoms with van der Waals surface area (Å²) in [6.45, 7) is 3.17. The second-order valence-electron chi connectivity index (χ2n) is 6.74. The first-order valence-corrected chi connectivity index (χ1v) is 10.2. The van der Waals surface area contributed by atoms with E-state index in [0.29, 0.717) is 19.0 Å². The third-order valence-electron chi connectivity index (χ3n) is 4.37. The van der Waals surface area contributed by atoms with Crippen molar-refractivity contribution in [2.45, 2.75) is 26.2 Å². The first-order valence-electron chi connectivity index (χ1n) is 8.10. The summed E-state index contributed by atoms with van der Waals surface area (Å²) in [5.41, 5.74) is 1.89. The van der Waals surface area contributed by atoms with Crippen molar-refractivity contribution >= 4 is 39.8 Å². The number of hydrogen-bond acceptors (Lipinski definition) is 3. The topological polar surface area (TPSA) is 70.6 Å². The van der Waals surface area contributed by atoms with Crippen molar-refractivity contribution < 1.29 is 12.8 Å². The number of sulfone groups is 1. The van der Waals surface area contributed by atoms with Gasteiger partial charge < -0.3 is 10.6 Å². The van der Waals surface area contributed by atoms with Crippen molar-refractivity contribution in [3.05, 3.63) is 35.1 Å². The lowest BCUT2D eigenvalue weighted by molar-refractivity contribution is 0.529.